The molecule has 126 valence electrons. The van der Waals surface area contributed by atoms with Gasteiger partial charge in [-0.05, 0) is 37.5 Å². The molecule has 8 heteroatoms. The van der Waals surface area contributed by atoms with E-state index in [1.54, 1.807) is 6.07 Å². The zero-order valence-electron chi connectivity index (χ0n) is 13.2. The smallest absolute Gasteiger partial charge is 0.254 e. The molecule has 2 amide bonds. The van der Waals surface area contributed by atoms with Crippen molar-refractivity contribution < 1.29 is 14.0 Å². The van der Waals surface area contributed by atoms with Crippen molar-refractivity contribution in [3.8, 4) is 0 Å². The van der Waals surface area contributed by atoms with Crippen molar-refractivity contribution >= 4 is 28.3 Å². The lowest BCUT2D eigenvalue weighted by atomic mass is 10.1. The first-order valence-corrected chi connectivity index (χ1v) is 8.60. The standard InChI is InChI=1S/C16H17FN4O2S/c1-2-13-19-20-16(24-13)18-14(22)12-7-4-8-21(12)15(23)10-5-3-6-11(17)9-10/h3,5-6,9,12H,2,4,7-8H2,1H3,(H,18,20,22). The molecule has 1 aliphatic heterocycles. The number of amides is 2. The molecule has 2 heterocycles. The molecule has 1 unspecified atom stereocenters. The molecule has 1 aromatic carbocycles. The fourth-order valence-corrected chi connectivity index (χ4v) is 3.39. The van der Waals surface area contributed by atoms with Crippen LogP contribution in [0.3, 0.4) is 0 Å². The molecule has 1 aliphatic rings. The van der Waals surface area contributed by atoms with Gasteiger partial charge in [-0.25, -0.2) is 4.39 Å². The zero-order chi connectivity index (χ0) is 17.1. The van der Waals surface area contributed by atoms with Crippen molar-refractivity contribution in [1.82, 2.24) is 15.1 Å². The van der Waals surface area contributed by atoms with E-state index in [2.05, 4.69) is 15.5 Å². The van der Waals surface area contributed by atoms with E-state index < -0.39 is 11.9 Å². The third-order valence-electron chi connectivity index (χ3n) is 3.89. The maximum atomic E-state index is 13.3. The molecule has 0 radical (unpaired) electrons. The number of nitrogens with zero attached hydrogens (tertiary/aromatic N) is 3. The summed E-state index contributed by atoms with van der Waals surface area (Å²) in [6.45, 7) is 2.44. The molecular weight excluding hydrogens is 331 g/mol. The lowest BCUT2D eigenvalue weighted by Gasteiger charge is -2.23. The predicted molar refractivity (Wildman–Crippen MR) is 88.4 cm³/mol. The van der Waals surface area contributed by atoms with E-state index in [0.717, 1.165) is 17.8 Å². The molecule has 6 nitrogen and oxygen atoms in total. The van der Waals surface area contributed by atoms with Crippen LogP contribution in [0, 0.1) is 5.82 Å². The van der Waals surface area contributed by atoms with Crippen molar-refractivity contribution in [2.75, 3.05) is 11.9 Å². The summed E-state index contributed by atoms with van der Waals surface area (Å²) >= 11 is 1.32. The van der Waals surface area contributed by atoms with Crippen LogP contribution in [0.4, 0.5) is 9.52 Å². The van der Waals surface area contributed by atoms with Crippen molar-refractivity contribution in [3.05, 3.63) is 40.7 Å². The Labute approximate surface area is 142 Å². The third kappa shape index (κ3) is 3.43. The minimum absolute atomic E-state index is 0.249. The Balaban J connectivity index is 1.72. The topological polar surface area (TPSA) is 75.2 Å². The highest BCUT2D eigenvalue weighted by molar-refractivity contribution is 7.15. The lowest BCUT2D eigenvalue weighted by Crippen LogP contribution is -2.43. The van der Waals surface area contributed by atoms with Crippen LogP contribution in [0.5, 0.6) is 0 Å². The molecule has 0 spiro atoms. The third-order valence-corrected chi connectivity index (χ3v) is 4.87. The summed E-state index contributed by atoms with van der Waals surface area (Å²) in [5, 5.41) is 11.9. The number of benzene rings is 1. The van der Waals surface area contributed by atoms with E-state index in [4.69, 9.17) is 0 Å². The number of carbonyl (C=O) groups excluding carboxylic acids is 2. The highest BCUT2D eigenvalue weighted by Gasteiger charge is 2.35. The van der Waals surface area contributed by atoms with Crippen molar-refractivity contribution in [2.45, 2.75) is 32.2 Å². The van der Waals surface area contributed by atoms with Crippen molar-refractivity contribution in [1.29, 1.82) is 0 Å². The number of hydrogen-bond donors (Lipinski definition) is 1. The molecule has 24 heavy (non-hydrogen) atoms. The molecule has 3 rings (SSSR count). The summed E-state index contributed by atoms with van der Waals surface area (Å²) in [5.41, 5.74) is 0.249. The first kappa shape index (κ1) is 16.5. The fourth-order valence-electron chi connectivity index (χ4n) is 2.71. The summed E-state index contributed by atoms with van der Waals surface area (Å²) in [6, 6.07) is 4.94. The average molecular weight is 348 g/mol. The fraction of sp³-hybridized carbons (Fsp3) is 0.375. The normalized spacial score (nSPS) is 17.1. The van der Waals surface area contributed by atoms with E-state index in [-0.39, 0.29) is 17.4 Å². The Morgan fingerprint density at radius 3 is 2.96 bits per heavy atom. The van der Waals surface area contributed by atoms with Crippen LogP contribution in [-0.2, 0) is 11.2 Å². The van der Waals surface area contributed by atoms with E-state index in [1.807, 2.05) is 6.92 Å². The van der Waals surface area contributed by atoms with Crippen LogP contribution in [0.25, 0.3) is 0 Å². The molecule has 0 bridgehead atoms. The summed E-state index contributed by atoms with van der Waals surface area (Å²) in [4.78, 5) is 26.5. The predicted octanol–water partition coefficient (Wildman–Crippen LogP) is 2.48. The van der Waals surface area contributed by atoms with E-state index in [0.29, 0.717) is 18.1 Å². The SMILES string of the molecule is CCc1nnc(NC(=O)C2CCCN2C(=O)c2cccc(F)c2)s1. The van der Waals surface area contributed by atoms with Gasteiger partial charge < -0.3 is 4.90 Å². The number of aryl methyl sites for hydroxylation is 1. The Kier molecular flexibility index (Phi) is 4.84. The van der Waals surface area contributed by atoms with Gasteiger partial charge >= 0.3 is 0 Å². The van der Waals surface area contributed by atoms with E-state index >= 15 is 0 Å². The van der Waals surface area contributed by atoms with Gasteiger partial charge in [0.25, 0.3) is 5.91 Å². The summed E-state index contributed by atoms with van der Waals surface area (Å²) in [5.74, 6) is -1.09. The van der Waals surface area contributed by atoms with Gasteiger partial charge in [-0.3, -0.25) is 14.9 Å². The van der Waals surface area contributed by atoms with Gasteiger partial charge in [0.05, 0.1) is 0 Å². The number of anilines is 1. The first-order valence-electron chi connectivity index (χ1n) is 7.78. The van der Waals surface area contributed by atoms with Crippen LogP contribution in [0.2, 0.25) is 0 Å². The number of hydrogen-bond acceptors (Lipinski definition) is 5. The number of rotatable bonds is 4. The van der Waals surface area contributed by atoms with Gasteiger partial charge in [0, 0.05) is 12.1 Å². The number of halogens is 1. The quantitative estimate of drug-likeness (QED) is 0.921. The summed E-state index contributed by atoms with van der Waals surface area (Å²) in [6.07, 6.45) is 2.06. The summed E-state index contributed by atoms with van der Waals surface area (Å²) in [7, 11) is 0. The Hall–Kier alpha value is -2.35. The number of nitrogens with one attached hydrogen (secondary N) is 1. The van der Waals surface area contributed by atoms with Gasteiger partial charge in [-0.1, -0.05) is 24.3 Å². The minimum Gasteiger partial charge on any atom is -0.327 e. The number of aromatic nitrogens is 2. The molecule has 1 fully saturated rings. The molecule has 1 aromatic heterocycles. The van der Waals surface area contributed by atoms with Gasteiger partial charge in [0.15, 0.2) is 0 Å². The maximum absolute atomic E-state index is 13.3. The molecule has 0 saturated carbocycles. The molecule has 2 aromatic rings. The molecular formula is C16H17FN4O2S. The van der Waals surface area contributed by atoms with Crippen LogP contribution in [-0.4, -0.2) is 39.5 Å². The maximum Gasteiger partial charge on any atom is 0.254 e. The number of carbonyl (C=O) groups is 2. The Morgan fingerprint density at radius 2 is 2.25 bits per heavy atom. The average Bonchev–Trinajstić information content (AvgIpc) is 3.23. The Bertz CT molecular complexity index is 764. The van der Waals surface area contributed by atoms with Gasteiger partial charge in [0.2, 0.25) is 11.0 Å². The van der Waals surface area contributed by atoms with Gasteiger partial charge in [-0.2, -0.15) is 0 Å². The van der Waals surface area contributed by atoms with Crippen molar-refractivity contribution in [2.24, 2.45) is 0 Å². The van der Waals surface area contributed by atoms with Crippen molar-refractivity contribution in [3.63, 3.8) is 0 Å². The molecule has 1 atom stereocenters. The van der Waals surface area contributed by atoms with Crippen LogP contribution in [0.15, 0.2) is 24.3 Å². The lowest BCUT2D eigenvalue weighted by molar-refractivity contribution is -0.119. The minimum atomic E-state index is -0.574. The highest BCUT2D eigenvalue weighted by atomic mass is 32.1. The van der Waals surface area contributed by atoms with E-state index in [1.165, 1.54) is 34.4 Å². The molecule has 0 aliphatic carbocycles. The van der Waals surface area contributed by atoms with Crippen LogP contribution in [0.1, 0.15) is 35.1 Å². The second-order valence-electron chi connectivity index (χ2n) is 5.51. The van der Waals surface area contributed by atoms with Gasteiger partial charge in [-0.15, -0.1) is 10.2 Å². The second kappa shape index (κ2) is 7.04. The largest absolute Gasteiger partial charge is 0.327 e. The van der Waals surface area contributed by atoms with Crippen LogP contribution < -0.4 is 5.32 Å². The second-order valence-corrected chi connectivity index (χ2v) is 6.57. The molecule has 1 saturated heterocycles. The van der Waals surface area contributed by atoms with Crippen LogP contribution >= 0.6 is 11.3 Å². The monoisotopic (exact) mass is 348 g/mol. The summed E-state index contributed by atoms with van der Waals surface area (Å²) < 4.78 is 13.3. The Morgan fingerprint density at radius 1 is 1.42 bits per heavy atom. The first-order chi connectivity index (χ1) is 11.6. The highest BCUT2D eigenvalue weighted by Crippen LogP contribution is 2.23. The van der Waals surface area contributed by atoms with E-state index in [9.17, 15) is 14.0 Å². The molecule has 1 N–H and O–H groups in total. The van der Waals surface area contributed by atoms with Gasteiger partial charge in [0.1, 0.15) is 16.9 Å². The zero-order valence-corrected chi connectivity index (χ0v) is 14.0. The number of likely N-dealkylation sites (tertiary alicyclic amines) is 1.